The van der Waals surface area contributed by atoms with Crippen molar-refractivity contribution in [3.8, 4) is 0 Å². The summed E-state index contributed by atoms with van der Waals surface area (Å²) in [7, 11) is 4.23. The summed E-state index contributed by atoms with van der Waals surface area (Å²) in [4.78, 5) is 2.23. The lowest BCUT2D eigenvalue weighted by Gasteiger charge is -2.11. The lowest BCUT2D eigenvalue weighted by atomic mass is 10.2. The van der Waals surface area contributed by atoms with Gasteiger partial charge < -0.3 is 9.47 Å². The molecule has 0 saturated carbocycles. The second-order valence-electron chi connectivity index (χ2n) is 5.49. The summed E-state index contributed by atoms with van der Waals surface area (Å²) < 4.78 is 2.41. The molecule has 3 heteroatoms. The number of fused-ring (bicyclic) bond motifs is 3. The largest absolute Gasteiger partial charge is 0.340 e. The molecule has 0 bridgehead atoms. The van der Waals surface area contributed by atoms with Crippen LogP contribution >= 0.6 is 11.6 Å². The van der Waals surface area contributed by atoms with Crippen LogP contribution in [-0.4, -0.2) is 30.1 Å². The average molecular weight is 287 g/mol. The first-order valence-electron chi connectivity index (χ1n) is 6.98. The summed E-state index contributed by atoms with van der Waals surface area (Å²) in [5.41, 5.74) is 2.57. The molecule has 0 spiro atoms. The quantitative estimate of drug-likeness (QED) is 0.690. The summed E-state index contributed by atoms with van der Waals surface area (Å²) in [6.45, 7) is 2.13. The van der Waals surface area contributed by atoms with Gasteiger partial charge in [-0.25, -0.2) is 0 Å². The van der Waals surface area contributed by atoms with Gasteiger partial charge in [-0.15, -0.1) is 0 Å². The number of para-hydroxylation sites is 1. The van der Waals surface area contributed by atoms with Crippen LogP contribution in [0.25, 0.3) is 21.8 Å². The Labute approximate surface area is 124 Å². The fourth-order valence-electron chi connectivity index (χ4n) is 2.81. The third kappa shape index (κ3) is 2.41. The van der Waals surface area contributed by atoms with E-state index in [1.54, 1.807) is 0 Å². The number of benzene rings is 2. The SMILES string of the molecule is CN(C)CCCn1c2ccccc2c2cc(Cl)ccc21. The molecule has 2 aromatic carbocycles. The highest BCUT2D eigenvalue weighted by atomic mass is 35.5. The monoisotopic (exact) mass is 286 g/mol. The molecule has 20 heavy (non-hydrogen) atoms. The Balaban J connectivity index is 2.12. The average Bonchev–Trinajstić information content (AvgIpc) is 2.73. The van der Waals surface area contributed by atoms with Crippen LogP contribution in [0.15, 0.2) is 42.5 Å². The van der Waals surface area contributed by atoms with Crippen LogP contribution in [0, 0.1) is 0 Å². The summed E-state index contributed by atoms with van der Waals surface area (Å²) in [6, 6.07) is 14.7. The van der Waals surface area contributed by atoms with E-state index in [-0.39, 0.29) is 0 Å². The first-order chi connectivity index (χ1) is 9.66. The molecule has 0 aliphatic rings. The summed E-state index contributed by atoms with van der Waals surface area (Å²) in [6.07, 6.45) is 1.14. The van der Waals surface area contributed by atoms with E-state index in [2.05, 4.69) is 60.0 Å². The predicted molar refractivity (Wildman–Crippen MR) is 87.6 cm³/mol. The molecule has 0 radical (unpaired) electrons. The van der Waals surface area contributed by atoms with Crippen LogP contribution in [0.3, 0.4) is 0 Å². The van der Waals surface area contributed by atoms with Crippen molar-refractivity contribution in [2.45, 2.75) is 13.0 Å². The van der Waals surface area contributed by atoms with E-state index < -0.39 is 0 Å². The molecule has 0 atom stereocenters. The molecule has 0 aliphatic carbocycles. The molecule has 0 fully saturated rings. The first kappa shape index (κ1) is 13.5. The number of hydrogen-bond donors (Lipinski definition) is 0. The van der Waals surface area contributed by atoms with E-state index in [9.17, 15) is 0 Å². The second-order valence-corrected chi connectivity index (χ2v) is 5.92. The van der Waals surface area contributed by atoms with Gasteiger partial charge in [0.05, 0.1) is 0 Å². The summed E-state index contributed by atoms with van der Waals surface area (Å²) in [5, 5.41) is 3.33. The Hall–Kier alpha value is -1.51. The first-order valence-corrected chi connectivity index (χ1v) is 7.36. The van der Waals surface area contributed by atoms with Crippen molar-refractivity contribution in [2.75, 3.05) is 20.6 Å². The van der Waals surface area contributed by atoms with Crippen LogP contribution in [-0.2, 0) is 6.54 Å². The van der Waals surface area contributed by atoms with Crippen LogP contribution in [0.2, 0.25) is 5.02 Å². The van der Waals surface area contributed by atoms with Crippen LogP contribution in [0.4, 0.5) is 0 Å². The molecule has 3 rings (SSSR count). The van der Waals surface area contributed by atoms with Crippen molar-refractivity contribution in [2.24, 2.45) is 0 Å². The maximum Gasteiger partial charge on any atom is 0.0492 e. The molecule has 0 N–H and O–H groups in total. The van der Waals surface area contributed by atoms with Gasteiger partial charge in [-0.2, -0.15) is 0 Å². The van der Waals surface area contributed by atoms with Crippen molar-refractivity contribution in [1.82, 2.24) is 9.47 Å². The number of aryl methyl sites for hydroxylation is 1. The van der Waals surface area contributed by atoms with Gasteiger partial charge in [0.25, 0.3) is 0 Å². The Morgan fingerprint density at radius 1 is 1.00 bits per heavy atom. The van der Waals surface area contributed by atoms with E-state index in [4.69, 9.17) is 11.6 Å². The number of aromatic nitrogens is 1. The zero-order chi connectivity index (χ0) is 14.1. The van der Waals surface area contributed by atoms with Gasteiger partial charge in [0, 0.05) is 33.4 Å². The standard InChI is InChI=1S/C17H19ClN2/c1-19(2)10-5-11-20-16-7-4-3-6-14(16)15-12-13(18)8-9-17(15)20/h3-4,6-9,12H,5,10-11H2,1-2H3. The fourth-order valence-corrected chi connectivity index (χ4v) is 2.98. The molecule has 0 saturated heterocycles. The Morgan fingerprint density at radius 2 is 1.75 bits per heavy atom. The zero-order valence-electron chi connectivity index (χ0n) is 11.9. The topological polar surface area (TPSA) is 8.17 Å². The molecular formula is C17H19ClN2. The molecule has 0 amide bonds. The number of halogens is 1. The van der Waals surface area contributed by atoms with Crippen LogP contribution in [0.1, 0.15) is 6.42 Å². The molecule has 104 valence electrons. The van der Waals surface area contributed by atoms with Gasteiger partial charge in [-0.1, -0.05) is 29.8 Å². The van der Waals surface area contributed by atoms with Gasteiger partial charge in [-0.05, 0) is 51.3 Å². The van der Waals surface area contributed by atoms with Gasteiger partial charge in [-0.3, -0.25) is 0 Å². The van der Waals surface area contributed by atoms with Gasteiger partial charge in [0.15, 0.2) is 0 Å². The minimum absolute atomic E-state index is 0.800. The van der Waals surface area contributed by atoms with Crippen molar-refractivity contribution in [3.05, 3.63) is 47.5 Å². The van der Waals surface area contributed by atoms with Crippen LogP contribution in [0.5, 0.6) is 0 Å². The molecule has 3 aromatic rings. The highest BCUT2D eigenvalue weighted by molar-refractivity contribution is 6.31. The third-order valence-electron chi connectivity index (χ3n) is 3.72. The molecule has 2 nitrogen and oxygen atoms in total. The summed E-state index contributed by atoms with van der Waals surface area (Å²) >= 11 is 6.16. The lowest BCUT2D eigenvalue weighted by molar-refractivity contribution is 0.389. The van der Waals surface area contributed by atoms with E-state index in [1.165, 1.54) is 21.8 Å². The maximum absolute atomic E-state index is 6.16. The van der Waals surface area contributed by atoms with Crippen molar-refractivity contribution in [1.29, 1.82) is 0 Å². The van der Waals surface area contributed by atoms with E-state index >= 15 is 0 Å². The minimum Gasteiger partial charge on any atom is -0.340 e. The van der Waals surface area contributed by atoms with Crippen molar-refractivity contribution >= 4 is 33.4 Å². The fraction of sp³-hybridized carbons (Fsp3) is 0.294. The Morgan fingerprint density at radius 3 is 2.55 bits per heavy atom. The lowest BCUT2D eigenvalue weighted by Crippen LogP contribution is -2.15. The molecule has 0 aliphatic heterocycles. The van der Waals surface area contributed by atoms with E-state index in [0.29, 0.717) is 0 Å². The highest BCUT2D eigenvalue weighted by Crippen LogP contribution is 2.31. The zero-order valence-corrected chi connectivity index (χ0v) is 12.7. The van der Waals surface area contributed by atoms with Crippen molar-refractivity contribution < 1.29 is 0 Å². The Bertz CT molecular complexity index is 743. The number of rotatable bonds is 4. The van der Waals surface area contributed by atoms with E-state index in [0.717, 1.165) is 24.5 Å². The predicted octanol–water partition coefficient (Wildman–Crippen LogP) is 4.40. The molecule has 1 heterocycles. The minimum atomic E-state index is 0.800. The second kappa shape index (κ2) is 5.47. The highest BCUT2D eigenvalue weighted by Gasteiger charge is 2.10. The third-order valence-corrected chi connectivity index (χ3v) is 3.96. The van der Waals surface area contributed by atoms with Gasteiger partial charge in [0.1, 0.15) is 0 Å². The molecule has 1 aromatic heterocycles. The van der Waals surface area contributed by atoms with Crippen molar-refractivity contribution in [3.63, 3.8) is 0 Å². The molecule has 0 unspecified atom stereocenters. The van der Waals surface area contributed by atoms with E-state index in [1.807, 2.05) is 6.07 Å². The van der Waals surface area contributed by atoms with Gasteiger partial charge in [0.2, 0.25) is 0 Å². The maximum atomic E-state index is 6.16. The molecular weight excluding hydrogens is 268 g/mol. The smallest absolute Gasteiger partial charge is 0.0492 e. The number of nitrogens with zero attached hydrogens (tertiary/aromatic N) is 2. The normalized spacial score (nSPS) is 11.8. The summed E-state index contributed by atoms with van der Waals surface area (Å²) in [5.74, 6) is 0. The Kier molecular flexibility index (Phi) is 3.68. The van der Waals surface area contributed by atoms with Crippen LogP contribution < -0.4 is 0 Å². The number of hydrogen-bond acceptors (Lipinski definition) is 1. The van der Waals surface area contributed by atoms with Gasteiger partial charge >= 0.3 is 0 Å².